The number of carbonyl (C=O) groups excluding carboxylic acids is 1. The molecule has 2 aromatic heterocycles. The van der Waals surface area contributed by atoms with Gasteiger partial charge in [0.1, 0.15) is 18.2 Å². The van der Waals surface area contributed by atoms with Gasteiger partial charge >= 0.3 is 0 Å². The molecule has 2 N–H and O–H groups in total. The van der Waals surface area contributed by atoms with E-state index in [9.17, 15) is 4.79 Å². The average Bonchev–Trinajstić information content (AvgIpc) is 3.46. The predicted molar refractivity (Wildman–Crippen MR) is 131 cm³/mol. The molecule has 0 spiro atoms. The number of aryl methyl sites for hydroxylation is 1. The number of anilines is 1. The van der Waals surface area contributed by atoms with Gasteiger partial charge in [-0.2, -0.15) is 5.10 Å². The third-order valence-electron chi connectivity index (χ3n) is 4.85. The second kappa shape index (κ2) is 10.2. The quantitative estimate of drug-likeness (QED) is 0.335. The SMILES string of the molecule is Cc1nc(COc2ccccc2/C=C/C(=O)Nc2ccccc2-c2n[nH]c(C(C)C)n2)cs1. The zero-order valence-corrected chi connectivity index (χ0v) is 19.5. The summed E-state index contributed by atoms with van der Waals surface area (Å²) in [6.45, 7) is 6.43. The summed E-state index contributed by atoms with van der Waals surface area (Å²) < 4.78 is 5.93. The molecule has 0 aliphatic carbocycles. The van der Waals surface area contributed by atoms with Crippen molar-refractivity contribution in [2.75, 3.05) is 5.32 Å². The van der Waals surface area contributed by atoms with Crippen molar-refractivity contribution >= 4 is 29.0 Å². The first-order chi connectivity index (χ1) is 16.0. The predicted octanol–water partition coefficient (Wildman–Crippen LogP) is 5.59. The zero-order valence-electron chi connectivity index (χ0n) is 18.7. The van der Waals surface area contributed by atoms with Gasteiger partial charge in [0.25, 0.3) is 0 Å². The molecule has 0 radical (unpaired) electrons. The Morgan fingerprint density at radius 1 is 1.15 bits per heavy atom. The Bertz CT molecular complexity index is 1280. The van der Waals surface area contributed by atoms with Crippen LogP contribution in [-0.2, 0) is 11.4 Å². The van der Waals surface area contributed by atoms with Crippen LogP contribution >= 0.6 is 11.3 Å². The maximum absolute atomic E-state index is 12.7. The van der Waals surface area contributed by atoms with Crippen molar-refractivity contribution in [1.82, 2.24) is 20.2 Å². The second-order valence-electron chi connectivity index (χ2n) is 7.75. The number of aromatic nitrogens is 4. The van der Waals surface area contributed by atoms with Crippen LogP contribution in [0.2, 0.25) is 0 Å². The van der Waals surface area contributed by atoms with Gasteiger partial charge in [0.2, 0.25) is 5.91 Å². The van der Waals surface area contributed by atoms with E-state index in [0.29, 0.717) is 23.9 Å². The van der Waals surface area contributed by atoms with Crippen LogP contribution in [0.1, 0.15) is 41.9 Å². The van der Waals surface area contributed by atoms with Crippen LogP contribution in [0.25, 0.3) is 17.5 Å². The van der Waals surface area contributed by atoms with Crippen molar-refractivity contribution in [3.05, 3.63) is 82.1 Å². The number of benzene rings is 2. The van der Waals surface area contributed by atoms with Gasteiger partial charge in [-0.15, -0.1) is 11.3 Å². The highest BCUT2D eigenvalue weighted by Crippen LogP contribution is 2.26. The van der Waals surface area contributed by atoms with Crippen LogP contribution in [-0.4, -0.2) is 26.1 Å². The fourth-order valence-corrected chi connectivity index (χ4v) is 3.75. The van der Waals surface area contributed by atoms with E-state index < -0.39 is 0 Å². The fourth-order valence-electron chi connectivity index (χ4n) is 3.16. The maximum Gasteiger partial charge on any atom is 0.248 e. The van der Waals surface area contributed by atoms with Crippen molar-refractivity contribution in [3.63, 3.8) is 0 Å². The third-order valence-corrected chi connectivity index (χ3v) is 5.67. The number of H-pyrrole nitrogens is 1. The normalized spacial score (nSPS) is 11.3. The Labute approximate surface area is 196 Å². The third kappa shape index (κ3) is 5.72. The number of nitrogens with zero attached hydrogens (tertiary/aromatic N) is 3. The fraction of sp³-hybridized carbons (Fsp3) is 0.200. The van der Waals surface area contributed by atoms with Crippen molar-refractivity contribution < 1.29 is 9.53 Å². The van der Waals surface area contributed by atoms with Gasteiger partial charge < -0.3 is 10.1 Å². The molecule has 4 rings (SSSR count). The Morgan fingerprint density at radius 2 is 1.94 bits per heavy atom. The van der Waals surface area contributed by atoms with Crippen LogP contribution in [0.5, 0.6) is 5.75 Å². The molecule has 7 nitrogen and oxygen atoms in total. The Morgan fingerprint density at radius 3 is 2.70 bits per heavy atom. The number of para-hydroxylation sites is 2. The summed E-state index contributed by atoms with van der Waals surface area (Å²) in [5.41, 5.74) is 3.09. The topological polar surface area (TPSA) is 92.8 Å². The monoisotopic (exact) mass is 459 g/mol. The molecule has 1 amide bonds. The number of rotatable bonds is 8. The van der Waals surface area contributed by atoms with Crippen LogP contribution < -0.4 is 10.1 Å². The first-order valence-electron chi connectivity index (χ1n) is 10.6. The molecule has 33 heavy (non-hydrogen) atoms. The number of amides is 1. The molecule has 0 saturated carbocycles. The van der Waals surface area contributed by atoms with Gasteiger partial charge in [0.15, 0.2) is 5.82 Å². The Balaban J connectivity index is 1.46. The lowest BCUT2D eigenvalue weighted by atomic mass is 10.1. The van der Waals surface area contributed by atoms with E-state index in [-0.39, 0.29) is 11.8 Å². The van der Waals surface area contributed by atoms with Gasteiger partial charge in [0.05, 0.1) is 16.4 Å². The minimum absolute atomic E-state index is 0.234. The first kappa shape index (κ1) is 22.4. The lowest BCUT2D eigenvalue weighted by molar-refractivity contribution is -0.111. The molecular formula is C25H25N5O2S. The molecule has 0 unspecified atom stereocenters. The van der Waals surface area contributed by atoms with Crippen LogP contribution in [0.15, 0.2) is 60.0 Å². The molecule has 2 aromatic carbocycles. The number of nitrogens with one attached hydrogen (secondary N) is 2. The highest BCUT2D eigenvalue weighted by Gasteiger charge is 2.13. The van der Waals surface area contributed by atoms with Crippen molar-refractivity contribution in [2.24, 2.45) is 0 Å². The lowest BCUT2D eigenvalue weighted by Gasteiger charge is -2.09. The van der Waals surface area contributed by atoms with E-state index in [1.807, 2.05) is 74.7 Å². The van der Waals surface area contributed by atoms with E-state index in [1.54, 1.807) is 17.4 Å². The van der Waals surface area contributed by atoms with E-state index >= 15 is 0 Å². The van der Waals surface area contributed by atoms with Gasteiger partial charge in [-0.3, -0.25) is 9.89 Å². The van der Waals surface area contributed by atoms with Gasteiger partial charge in [-0.1, -0.05) is 44.2 Å². The molecule has 4 aromatic rings. The second-order valence-corrected chi connectivity index (χ2v) is 8.81. The van der Waals surface area contributed by atoms with Gasteiger partial charge in [-0.25, -0.2) is 9.97 Å². The number of hydrogen-bond donors (Lipinski definition) is 2. The Kier molecular flexibility index (Phi) is 6.95. The van der Waals surface area contributed by atoms with Crippen molar-refractivity contribution in [2.45, 2.75) is 33.3 Å². The Hall–Kier alpha value is -3.78. The maximum atomic E-state index is 12.7. The summed E-state index contributed by atoms with van der Waals surface area (Å²) >= 11 is 1.59. The zero-order chi connectivity index (χ0) is 23.2. The number of ether oxygens (including phenoxy) is 1. The number of hydrogen-bond acceptors (Lipinski definition) is 6. The first-order valence-corrected chi connectivity index (χ1v) is 11.5. The lowest BCUT2D eigenvalue weighted by Crippen LogP contribution is -2.09. The van der Waals surface area contributed by atoms with Gasteiger partial charge in [-0.05, 0) is 31.2 Å². The highest BCUT2D eigenvalue weighted by atomic mass is 32.1. The van der Waals surface area contributed by atoms with Gasteiger partial charge in [0, 0.05) is 28.5 Å². The standard InChI is InChI=1S/C25H25N5O2S/c1-16(2)24-28-25(30-29-24)20-9-5-6-10-21(20)27-23(31)13-12-18-8-4-7-11-22(18)32-14-19-15-33-17(3)26-19/h4-13,15-16H,14H2,1-3H3,(H,27,31)(H,28,29,30)/b13-12+. The number of carbonyl (C=O) groups is 1. The smallest absolute Gasteiger partial charge is 0.248 e. The number of aromatic amines is 1. The molecule has 0 saturated heterocycles. The molecule has 0 fully saturated rings. The molecule has 0 aliphatic heterocycles. The van der Waals surface area contributed by atoms with Crippen LogP contribution in [0, 0.1) is 6.92 Å². The molecule has 0 atom stereocenters. The highest BCUT2D eigenvalue weighted by molar-refractivity contribution is 7.09. The summed E-state index contributed by atoms with van der Waals surface area (Å²) in [5.74, 6) is 2.02. The minimum Gasteiger partial charge on any atom is -0.487 e. The number of thiazole rings is 1. The van der Waals surface area contributed by atoms with Crippen LogP contribution in [0.4, 0.5) is 5.69 Å². The minimum atomic E-state index is -0.257. The summed E-state index contributed by atoms with van der Waals surface area (Å²) in [4.78, 5) is 21.6. The van der Waals surface area contributed by atoms with E-state index in [0.717, 1.165) is 27.7 Å². The van der Waals surface area contributed by atoms with E-state index in [2.05, 4.69) is 25.5 Å². The average molecular weight is 460 g/mol. The summed E-state index contributed by atoms with van der Waals surface area (Å²) in [6.07, 6.45) is 3.23. The largest absolute Gasteiger partial charge is 0.487 e. The summed E-state index contributed by atoms with van der Waals surface area (Å²) in [6, 6.07) is 15.1. The van der Waals surface area contributed by atoms with Crippen molar-refractivity contribution in [1.29, 1.82) is 0 Å². The molecular weight excluding hydrogens is 434 g/mol. The molecule has 0 aliphatic rings. The molecule has 8 heteroatoms. The molecule has 2 heterocycles. The summed E-state index contributed by atoms with van der Waals surface area (Å²) in [7, 11) is 0. The van der Waals surface area contributed by atoms with Crippen molar-refractivity contribution in [3.8, 4) is 17.1 Å². The van der Waals surface area contributed by atoms with E-state index in [4.69, 9.17) is 4.74 Å². The molecule has 168 valence electrons. The van der Waals surface area contributed by atoms with Crippen LogP contribution in [0.3, 0.4) is 0 Å². The molecule has 0 bridgehead atoms. The van der Waals surface area contributed by atoms with E-state index in [1.165, 1.54) is 6.08 Å². The summed E-state index contributed by atoms with van der Waals surface area (Å²) in [5, 5.41) is 13.2.